The predicted octanol–water partition coefficient (Wildman–Crippen LogP) is 17.9. The molecule has 0 spiro atoms. The van der Waals surface area contributed by atoms with Gasteiger partial charge in [0.25, 0.3) is 0 Å². The number of aliphatic hydroxyl groups excluding tert-OH is 2. The van der Waals surface area contributed by atoms with Crippen LogP contribution in [-0.2, 0) is 4.79 Å². The van der Waals surface area contributed by atoms with Crippen molar-refractivity contribution in [1.29, 1.82) is 0 Å². The minimum Gasteiger partial charge on any atom is -0.394 e. The van der Waals surface area contributed by atoms with Crippen molar-refractivity contribution in [3.63, 3.8) is 0 Å². The van der Waals surface area contributed by atoms with Crippen LogP contribution in [-0.4, -0.2) is 34.9 Å². The maximum absolute atomic E-state index is 12.4. The molecule has 4 nitrogen and oxygen atoms in total. The number of hydrogen-bond acceptors (Lipinski definition) is 3. The van der Waals surface area contributed by atoms with E-state index in [0.29, 0.717) is 12.8 Å². The van der Waals surface area contributed by atoms with E-state index >= 15 is 0 Å². The van der Waals surface area contributed by atoms with Crippen molar-refractivity contribution in [2.24, 2.45) is 0 Å². The van der Waals surface area contributed by atoms with E-state index in [2.05, 4.69) is 129 Å². The second-order valence-electron chi connectivity index (χ2n) is 17.9. The molecule has 0 saturated heterocycles. The Morgan fingerprint density at radius 1 is 0.391 bits per heavy atom. The van der Waals surface area contributed by atoms with Gasteiger partial charge in [-0.15, -0.1) is 0 Å². The molecule has 366 valence electrons. The Labute approximate surface area is 397 Å². The van der Waals surface area contributed by atoms with E-state index in [9.17, 15) is 15.0 Å². The summed E-state index contributed by atoms with van der Waals surface area (Å²) in [6, 6.07) is -0.541. The van der Waals surface area contributed by atoms with Crippen LogP contribution in [0.25, 0.3) is 0 Å². The molecule has 0 aliphatic carbocycles. The molecule has 0 aromatic carbocycles. The molecule has 0 aromatic rings. The highest BCUT2D eigenvalue weighted by Crippen LogP contribution is 2.16. The molecule has 1 amide bonds. The van der Waals surface area contributed by atoms with Gasteiger partial charge in [-0.05, 0) is 83.5 Å². The summed E-state index contributed by atoms with van der Waals surface area (Å²) in [5.41, 5.74) is 0. The van der Waals surface area contributed by atoms with Gasteiger partial charge in [0.1, 0.15) is 0 Å². The van der Waals surface area contributed by atoms with Crippen molar-refractivity contribution in [2.75, 3.05) is 6.61 Å². The van der Waals surface area contributed by atoms with Gasteiger partial charge in [0.15, 0.2) is 0 Å². The van der Waals surface area contributed by atoms with E-state index in [1.165, 1.54) is 135 Å². The first-order valence-corrected chi connectivity index (χ1v) is 27.1. The highest BCUT2D eigenvalue weighted by Gasteiger charge is 2.20. The Kier molecular flexibility index (Phi) is 51.9. The van der Waals surface area contributed by atoms with Crippen LogP contribution in [0.2, 0.25) is 0 Å². The fourth-order valence-electron chi connectivity index (χ4n) is 7.71. The molecule has 0 aromatic heterocycles. The quantitative estimate of drug-likeness (QED) is 0.0421. The van der Waals surface area contributed by atoms with Crippen LogP contribution in [0.5, 0.6) is 0 Å². The average Bonchev–Trinajstić information content (AvgIpc) is 3.30. The van der Waals surface area contributed by atoms with Crippen LogP contribution >= 0.6 is 0 Å². The monoisotopic (exact) mass is 886 g/mol. The molecule has 0 saturated carbocycles. The maximum Gasteiger partial charge on any atom is 0.220 e. The second-order valence-corrected chi connectivity index (χ2v) is 17.9. The first-order chi connectivity index (χ1) is 31.7. The molecule has 64 heavy (non-hydrogen) atoms. The summed E-state index contributed by atoms with van der Waals surface area (Å²) < 4.78 is 0. The summed E-state index contributed by atoms with van der Waals surface area (Å²) in [7, 11) is 0. The van der Waals surface area contributed by atoms with Crippen LogP contribution < -0.4 is 5.32 Å². The molecule has 3 N–H and O–H groups in total. The zero-order chi connectivity index (χ0) is 46.3. The molecular weight excluding hydrogens is 783 g/mol. The van der Waals surface area contributed by atoms with Gasteiger partial charge < -0.3 is 15.5 Å². The number of carbonyl (C=O) groups excluding carboxylic acids is 1. The summed E-state index contributed by atoms with van der Waals surface area (Å²) >= 11 is 0. The molecule has 0 bridgehead atoms. The third-order valence-electron chi connectivity index (χ3n) is 11.8. The molecule has 0 aliphatic heterocycles. The number of aliphatic hydroxyl groups is 2. The SMILES string of the molecule is CC/C=C\C/C=C\C/C=C\C/C=C\C/C=C\C/C=C\C/C=C\C/C=C\C/C=C\CCCCCCCCCCCCCCCC(=O)NC(CO)C(O)CCCCCCCCCCCCC. The lowest BCUT2D eigenvalue weighted by atomic mass is 10.0. The normalized spacial score (nSPS) is 13.8. The number of hydrogen-bond donors (Lipinski definition) is 3. The summed E-state index contributed by atoms with van der Waals surface area (Å²) in [4.78, 5) is 12.4. The van der Waals surface area contributed by atoms with Crippen LogP contribution in [0.4, 0.5) is 0 Å². The lowest BCUT2D eigenvalue weighted by Crippen LogP contribution is -2.45. The van der Waals surface area contributed by atoms with E-state index in [1.807, 2.05) is 0 Å². The van der Waals surface area contributed by atoms with Gasteiger partial charge in [0.2, 0.25) is 5.91 Å². The Bertz CT molecular complexity index is 1230. The van der Waals surface area contributed by atoms with Crippen molar-refractivity contribution in [2.45, 2.75) is 257 Å². The van der Waals surface area contributed by atoms with Gasteiger partial charge in [-0.2, -0.15) is 0 Å². The van der Waals surface area contributed by atoms with Crippen LogP contribution in [0.15, 0.2) is 109 Å². The third kappa shape index (κ3) is 50.1. The molecule has 4 heteroatoms. The van der Waals surface area contributed by atoms with E-state index in [-0.39, 0.29) is 12.5 Å². The average molecular weight is 886 g/mol. The van der Waals surface area contributed by atoms with E-state index in [0.717, 1.165) is 83.5 Å². The van der Waals surface area contributed by atoms with E-state index in [4.69, 9.17) is 0 Å². The van der Waals surface area contributed by atoms with Crippen molar-refractivity contribution in [3.05, 3.63) is 109 Å². The predicted molar refractivity (Wildman–Crippen MR) is 285 cm³/mol. The van der Waals surface area contributed by atoms with Gasteiger partial charge in [0, 0.05) is 6.42 Å². The summed E-state index contributed by atoms with van der Waals surface area (Å²) in [5, 5.41) is 23.2. The number of rotatable bonds is 48. The molecule has 0 aliphatic rings. The minimum absolute atomic E-state index is 0.0373. The molecule has 0 heterocycles. The summed E-state index contributed by atoms with van der Waals surface area (Å²) in [6.07, 6.45) is 82.1. The Morgan fingerprint density at radius 3 is 1.03 bits per heavy atom. The van der Waals surface area contributed by atoms with Crippen LogP contribution in [0.3, 0.4) is 0 Å². The molecular formula is C60H103NO3. The number of allylic oxidation sites excluding steroid dienone is 18. The number of unbranched alkanes of at least 4 members (excludes halogenated alkanes) is 23. The van der Waals surface area contributed by atoms with E-state index < -0.39 is 12.1 Å². The first-order valence-electron chi connectivity index (χ1n) is 27.1. The van der Waals surface area contributed by atoms with Crippen molar-refractivity contribution >= 4 is 5.91 Å². The number of amides is 1. The van der Waals surface area contributed by atoms with Gasteiger partial charge >= 0.3 is 0 Å². The first kappa shape index (κ1) is 61.0. The largest absolute Gasteiger partial charge is 0.394 e. The van der Waals surface area contributed by atoms with Crippen LogP contribution in [0.1, 0.15) is 245 Å². The van der Waals surface area contributed by atoms with Gasteiger partial charge in [-0.1, -0.05) is 264 Å². The zero-order valence-corrected chi connectivity index (χ0v) is 42.0. The Morgan fingerprint density at radius 2 is 0.688 bits per heavy atom. The van der Waals surface area contributed by atoms with E-state index in [1.54, 1.807) is 0 Å². The Balaban J connectivity index is 3.53. The zero-order valence-electron chi connectivity index (χ0n) is 42.0. The highest BCUT2D eigenvalue weighted by molar-refractivity contribution is 5.76. The molecule has 0 fully saturated rings. The second kappa shape index (κ2) is 54.4. The van der Waals surface area contributed by atoms with Crippen molar-refractivity contribution in [3.8, 4) is 0 Å². The number of nitrogens with one attached hydrogen (secondary N) is 1. The fraction of sp³-hybridized carbons (Fsp3) is 0.683. The smallest absolute Gasteiger partial charge is 0.220 e. The summed E-state index contributed by atoms with van der Waals surface area (Å²) in [6.45, 7) is 4.23. The number of carbonyl (C=O) groups is 1. The van der Waals surface area contributed by atoms with Crippen molar-refractivity contribution in [1.82, 2.24) is 5.32 Å². The van der Waals surface area contributed by atoms with Gasteiger partial charge in [-0.3, -0.25) is 4.79 Å². The third-order valence-corrected chi connectivity index (χ3v) is 11.8. The van der Waals surface area contributed by atoms with Gasteiger partial charge in [0.05, 0.1) is 18.8 Å². The molecule has 0 rings (SSSR count). The summed E-state index contributed by atoms with van der Waals surface area (Å²) in [5.74, 6) is -0.0373. The van der Waals surface area contributed by atoms with Crippen molar-refractivity contribution < 1.29 is 15.0 Å². The lowest BCUT2D eigenvalue weighted by Gasteiger charge is -2.22. The topological polar surface area (TPSA) is 69.6 Å². The van der Waals surface area contributed by atoms with Crippen LogP contribution in [0, 0.1) is 0 Å². The minimum atomic E-state index is -0.663. The molecule has 2 unspecified atom stereocenters. The molecule has 0 radical (unpaired) electrons. The maximum atomic E-state index is 12.4. The fourth-order valence-corrected chi connectivity index (χ4v) is 7.71. The molecule has 2 atom stereocenters. The Hall–Kier alpha value is -2.95. The van der Waals surface area contributed by atoms with Gasteiger partial charge in [-0.25, -0.2) is 0 Å². The lowest BCUT2D eigenvalue weighted by molar-refractivity contribution is -0.123. The highest BCUT2D eigenvalue weighted by atomic mass is 16.3. The standard InChI is InChI=1S/C60H103NO3/c1-3-5-7-9-11-13-15-16-17-18-19-20-21-22-23-24-25-26-27-28-29-30-31-32-33-34-35-36-37-38-39-40-41-42-43-44-46-48-50-52-54-56-60(64)61-58(57-62)59(63)55-53-51-49-47-45-14-12-10-8-6-4-2/h5,7,11,13,16-17,19-20,22-23,25-26,28-29,31-32,34-35,58-59,62-63H,3-4,6,8-10,12,14-15,18,21,24,27,30,33,36-57H2,1-2H3,(H,61,64)/b7-5-,13-11-,17-16-,20-19-,23-22-,26-25-,29-28-,32-31-,35-34-.